The highest BCUT2D eigenvalue weighted by Crippen LogP contribution is 2.08. The Labute approximate surface area is 199 Å². The SMILES string of the molecule is CCCCCCCCC/C=C/C=C/C=C/C=C/C=C/C(=O)OC(COC(C)=O)COC(C)=O. The van der Waals surface area contributed by atoms with E-state index in [1.807, 2.05) is 24.3 Å². The average Bonchev–Trinajstić information content (AvgIpc) is 2.77. The maximum absolute atomic E-state index is 11.8. The first-order valence-electron chi connectivity index (χ1n) is 11.8. The van der Waals surface area contributed by atoms with E-state index in [-0.39, 0.29) is 13.2 Å². The van der Waals surface area contributed by atoms with Crippen LogP contribution >= 0.6 is 0 Å². The lowest BCUT2D eigenvalue weighted by molar-refractivity contribution is -0.162. The maximum Gasteiger partial charge on any atom is 0.331 e. The van der Waals surface area contributed by atoms with Crippen molar-refractivity contribution in [3.8, 4) is 0 Å². The van der Waals surface area contributed by atoms with E-state index in [4.69, 9.17) is 14.2 Å². The van der Waals surface area contributed by atoms with Gasteiger partial charge in [0.1, 0.15) is 13.2 Å². The minimum absolute atomic E-state index is 0.180. The Morgan fingerprint density at radius 1 is 0.667 bits per heavy atom. The van der Waals surface area contributed by atoms with Gasteiger partial charge in [0.05, 0.1) is 0 Å². The van der Waals surface area contributed by atoms with Gasteiger partial charge in [0.15, 0.2) is 6.10 Å². The molecular formula is C27H40O6. The van der Waals surface area contributed by atoms with Gasteiger partial charge < -0.3 is 14.2 Å². The fourth-order valence-corrected chi connectivity index (χ4v) is 2.65. The zero-order valence-electron chi connectivity index (χ0n) is 20.4. The number of hydrogen-bond acceptors (Lipinski definition) is 6. The van der Waals surface area contributed by atoms with Crippen molar-refractivity contribution in [2.24, 2.45) is 0 Å². The third-order valence-corrected chi connectivity index (χ3v) is 4.35. The van der Waals surface area contributed by atoms with Crippen LogP contribution in [0.1, 0.15) is 72.1 Å². The molecule has 0 unspecified atom stereocenters. The highest BCUT2D eigenvalue weighted by atomic mass is 16.6. The Kier molecular flexibility index (Phi) is 20.4. The van der Waals surface area contributed by atoms with Crippen LogP contribution in [0, 0.1) is 0 Å². The molecule has 33 heavy (non-hydrogen) atoms. The van der Waals surface area contributed by atoms with Gasteiger partial charge in [-0.05, 0) is 12.8 Å². The van der Waals surface area contributed by atoms with Crippen LogP contribution in [-0.2, 0) is 28.6 Å². The molecule has 0 aliphatic carbocycles. The standard InChI is InChI=1S/C27H40O6/c1-4-5-6-7-8-9-10-11-12-13-14-15-16-17-18-19-20-21-27(30)33-26(22-31-24(2)28)23-32-25(3)29/h12-21,26H,4-11,22-23H2,1-3H3/b13-12+,15-14+,17-16+,19-18+,21-20+. The van der Waals surface area contributed by atoms with Crippen molar-refractivity contribution in [1.29, 1.82) is 0 Å². The van der Waals surface area contributed by atoms with E-state index in [1.54, 1.807) is 12.2 Å². The molecule has 0 amide bonds. The summed E-state index contributed by atoms with van der Waals surface area (Å²) in [7, 11) is 0. The molecule has 0 aromatic heterocycles. The van der Waals surface area contributed by atoms with E-state index in [9.17, 15) is 14.4 Å². The molecule has 0 heterocycles. The van der Waals surface area contributed by atoms with Gasteiger partial charge in [-0.1, -0.05) is 100 Å². The predicted octanol–water partition coefficient (Wildman–Crippen LogP) is 5.95. The second kappa shape index (κ2) is 22.3. The second-order valence-corrected chi connectivity index (χ2v) is 7.52. The summed E-state index contributed by atoms with van der Waals surface area (Å²) in [5.74, 6) is -1.65. The van der Waals surface area contributed by atoms with Crippen LogP contribution in [0.3, 0.4) is 0 Å². The van der Waals surface area contributed by atoms with Crippen LogP contribution in [0.15, 0.2) is 60.8 Å². The van der Waals surface area contributed by atoms with Crippen molar-refractivity contribution in [3.05, 3.63) is 60.8 Å². The average molecular weight is 461 g/mol. The van der Waals surface area contributed by atoms with Crippen molar-refractivity contribution < 1.29 is 28.6 Å². The molecule has 0 atom stereocenters. The molecule has 0 aromatic carbocycles. The Hall–Kier alpha value is -2.89. The second-order valence-electron chi connectivity index (χ2n) is 7.52. The molecule has 0 radical (unpaired) electrons. The summed E-state index contributed by atoms with van der Waals surface area (Å²) in [6.45, 7) is 4.36. The normalized spacial score (nSPS) is 12.1. The monoisotopic (exact) mass is 460 g/mol. The summed E-state index contributed by atoms with van der Waals surface area (Å²) < 4.78 is 14.7. The zero-order valence-corrected chi connectivity index (χ0v) is 20.4. The molecule has 0 saturated carbocycles. The van der Waals surface area contributed by atoms with Gasteiger partial charge in [-0.15, -0.1) is 0 Å². The van der Waals surface area contributed by atoms with E-state index in [1.165, 1.54) is 70.9 Å². The molecule has 0 spiro atoms. The third kappa shape index (κ3) is 23.6. The van der Waals surface area contributed by atoms with E-state index < -0.39 is 24.0 Å². The third-order valence-electron chi connectivity index (χ3n) is 4.35. The fourth-order valence-electron chi connectivity index (χ4n) is 2.65. The van der Waals surface area contributed by atoms with Gasteiger partial charge in [0, 0.05) is 19.9 Å². The molecule has 0 N–H and O–H groups in total. The molecule has 0 aliphatic heterocycles. The predicted molar refractivity (Wildman–Crippen MR) is 131 cm³/mol. The lowest BCUT2D eigenvalue weighted by Crippen LogP contribution is -2.29. The summed E-state index contributed by atoms with van der Waals surface area (Å²) in [6.07, 6.45) is 27.7. The Bertz CT molecular complexity index is 667. The molecule has 0 rings (SSSR count). The number of carbonyl (C=O) groups excluding carboxylic acids is 3. The van der Waals surface area contributed by atoms with E-state index >= 15 is 0 Å². The first kappa shape index (κ1) is 30.1. The number of unbranched alkanes of at least 4 members (excludes halogenated alkanes) is 7. The number of carbonyl (C=O) groups is 3. The Balaban J connectivity index is 4.07. The van der Waals surface area contributed by atoms with Crippen molar-refractivity contribution in [1.82, 2.24) is 0 Å². The zero-order chi connectivity index (χ0) is 24.6. The van der Waals surface area contributed by atoms with Crippen LogP contribution in [0.4, 0.5) is 0 Å². The van der Waals surface area contributed by atoms with E-state index in [0.717, 1.165) is 6.42 Å². The first-order valence-corrected chi connectivity index (χ1v) is 11.8. The molecular weight excluding hydrogens is 420 g/mol. The Morgan fingerprint density at radius 2 is 1.15 bits per heavy atom. The lowest BCUT2D eigenvalue weighted by Gasteiger charge is -2.16. The fraction of sp³-hybridized carbons (Fsp3) is 0.519. The van der Waals surface area contributed by atoms with Gasteiger partial charge in [-0.3, -0.25) is 9.59 Å². The van der Waals surface area contributed by atoms with Gasteiger partial charge in [0.2, 0.25) is 0 Å². The highest BCUT2D eigenvalue weighted by Gasteiger charge is 2.16. The smallest absolute Gasteiger partial charge is 0.331 e. The molecule has 0 saturated heterocycles. The topological polar surface area (TPSA) is 78.9 Å². The van der Waals surface area contributed by atoms with Crippen LogP contribution in [0.25, 0.3) is 0 Å². The summed E-state index contributed by atoms with van der Waals surface area (Å²) in [6, 6.07) is 0. The van der Waals surface area contributed by atoms with Gasteiger partial charge >= 0.3 is 17.9 Å². The molecule has 6 heteroatoms. The highest BCUT2D eigenvalue weighted by molar-refractivity contribution is 5.82. The van der Waals surface area contributed by atoms with Crippen molar-refractivity contribution in [3.63, 3.8) is 0 Å². The summed E-state index contributed by atoms with van der Waals surface area (Å²) in [4.78, 5) is 33.7. The van der Waals surface area contributed by atoms with E-state index in [2.05, 4.69) is 19.1 Å². The number of esters is 3. The number of rotatable bonds is 18. The number of allylic oxidation sites excluding steroid dienone is 9. The van der Waals surface area contributed by atoms with Crippen LogP contribution in [0.5, 0.6) is 0 Å². The summed E-state index contributed by atoms with van der Waals surface area (Å²) in [5.41, 5.74) is 0. The molecule has 0 fully saturated rings. The maximum atomic E-state index is 11.8. The minimum atomic E-state index is -0.859. The quantitative estimate of drug-likeness (QED) is 0.0827. The van der Waals surface area contributed by atoms with Crippen LogP contribution < -0.4 is 0 Å². The minimum Gasteiger partial charge on any atom is -0.462 e. The van der Waals surface area contributed by atoms with Gasteiger partial charge in [0.25, 0.3) is 0 Å². The van der Waals surface area contributed by atoms with Crippen LogP contribution in [0.2, 0.25) is 0 Å². The van der Waals surface area contributed by atoms with E-state index in [0.29, 0.717) is 0 Å². The molecule has 6 nitrogen and oxygen atoms in total. The molecule has 0 aliphatic rings. The van der Waals surface area contributed by atoms with Crippen molar-refractivity contribution >= 4 is 17.9 Å². The largest absolute Gasteiger partial charge is 0.462 e. The van der Waals surface area contributed by atoms with Crippen LogP contribution in [-0.4, -0.2) is 37.2 Å². The Morgan fingerprint density at radius 3 is 1.70 bits per heavy atom. The number of ether oxygens (including phenoxy) is 3. The molecule has 184 valence electrons. The molecule has 0 bridgehead atoms. The molecule has 0 aromatic rings. The van der Waals surface area contributed by atoms with Crippen molar-refractivity contribution in [2.75, 3.05) is 13.2 Å². The first-order chi connectivity index (χ1) is 16.0. The van der Waals surface area contributed by atoms with Gasteiger partial charge in [-0.25, -0.2) is 4.79 Å². The summed E-state index contributed by atoms with van der Waals surface area (Å²) in [5, 5.41) is 0. The lowest BCUT2D eigenvalue weighted by atomic mass is 10.1. The number of hydrogen-bond donors (Lipinski definition) is 0. The van der Waals surface area contributed by atoms with Crippen molar-refractivity contribution in [2.45, 2.75) is 78.2 Å². The summed E-state index contributed by atoms with van der Waals surface area (Å²) >= 11 is 0. The van der Waals surface area contributed by atoms with Gasteiger partial charge in [-0.2, -0.15) is 0 Å².